The minimum atomic E-state index is 0.0642. The lowest BCUT2D eigenvalue weighted by atomic mass is 10.2. The Morgan fingerprint density at radius 1 is 1.17 bits per heavy atom. The van der Waals surface area contributed by atoms with E-state index in [1.807, 2.05) is 18.7 Å². The first kappa shape index (κ1) is 21.9. The van der Waals surface area contributed by atoms with Gasteiger partial charge < -0.3 is 15.0 Å². The van der Waals surface area contributed by atoms with Gasteiger partial charge in [-0.05, 0) is 19.8 Å². The van der Waals surface area contributed by atoms with Gasteiger partial charge in [-0.3, -0.25) is 14.5 Å². The van der Waals surface area contributed by atoms with Gasteiger partial charge in [0.25, 0.3) is 0 Å². The predicted molar refractivity (Wildman–Crippen MR) is 93.3 cm³/mol. The number of carbonyl (C=O) groups excluding carboxylic acids is 2. The molecular formula is C17H35N3O3. The van der Waals surface area contributed by atoms with E-state index in [4.69, 9.17) is 4.74 Å². The van der Waals surface area contributed by atoms with E-state index in [-0.39, 0.29) is 18.6 Å². The van der Waals surface area contributed by atoms with Crippen LogP contribution in [0.5, 0.6) is 0 Å². The van der Waals surface area contributed by atoms with Crippen molar-refractivity contribution < 1.29 is 14.3 Å². The van der Waals surface area contributed by atoms with Gasteiger partial charge in [0.05, 0.1) is 6.10 Å². The summed E-state index contributed by atoms with van der Waals surface area (Å²) < 4.78 is 5.31. The molecular weight excluding hydrogens is 294 g/mol. The molecule has 1 aliphatic rings. The Kier molecular flexibility index (Phi) is 12.7. The minimum absolute atomic E-state index is 0.0642. The summed E-state index contributed by atoms with van der Waals surface area (Å²) in [5, 5.41) is 2.64. The average molecular weight is 329 g/mol. The number of amides is 2. The number of piperazine rings is 1. The molecule has 136 valence electrons. The first-order valence-corrected chi connectivity index (χ1v) is 8.69. The molecule has 0 aliphatic carbocycles. The van der Waals surface area contributed by atoms with E-state index in [9.17, 15) is 9.59 Å². The summed E-state index contributed by atoms with van der Waals surface area (Å²) in [5.41, 5.74) is 0. The van der Waals surface area contributed by atoms with Gasteiger partial charge in [0, 0.05) is 39.3 Å². The van der Waals surface area contributed by atoms with Crippen LogP contribution in [-0.2, 0) is 14.3 Å². The highest BCUT2D eigenvalue weighted by Gasteiger charge is 2.20. The van der Waals surface area contributed by atoms with Crippen LogP contribution in [0.2, 0.25) is 0 Å². The monoisotopic (exact) mass is 329 g/mol. The molecule has 0 bridgehead atoms. The molecule has 0 radical (unpaired) electrons. The van der Waals surface area contributed by atoms with Crippen LogP contribution in [0.4, 0.5) is 0 Å². The lowest BCUT2D eigenvalue weighted by Crippen LogP contribution is -2.50. The molecule has 0 atom stereocenters. The molecule has 0 spiro atoms. The van der Waals surface area contributed by atoms with Crippen LogP contribution >= 0.6 is 0 Å². The van der Waals surface area contributed by atoms with E-state index in [0.29, 0.717) is 13.0 Å². The SMILES string of the molecule is CC(C)OCC(=O)N1CCN(CCNC=O)CC1.CCC(C)C. The first-order valence-electron chi connectivity index (χ1n) is 8.69. The van der Waals surface area contributed by atoms with E-state index in [0.717, 1.165) is 38.6 Å². The molecule has 23 heavy (non-hydrogen) atoms. The molecule has 1 heterocycles. The Bertz CT molecular complexity index is 314. The van der Waals surface area contributed by atoms with Gasteiger partial charge in [-0.2, -0.15) is 0 Å². The smallest absolute Gasteiger partial charge is 0.248 e. The summed E-state index contributed by atoms with van der Waals surface area (Å²) in [6.07, 6.45) is 2.10. The van der Waals surface area contributed by atoms with E-state index in [1.165, 1.54) is 6.42 Å². The zero-order valence-electron chi connectivity index (χ0n) is 15.5. The second kappa shape index (κ2) is 13.3. The number of nitrogens with one attached hydrogen (secondary N) is 1. The number of nitrogens with zero attached hydrogens (tertiary/aromatic N) is 2. The molecule has 1 aliphatic heterocycles. The van der Waals surface area contributed by atoms with Crippen molar-refractivity contribution in [3.63, 3.8) is 0 Å². The van der Waals surface area contributed by atoms with Gasteiger partial charge in [-0.25, -0.2) is 0 Å². The van der Waals surface area contributed by atoms with Crippen LogP contribution in [0.3, 0.4) is 0 Å². The summed E-state index contributed by atoms with van der Waals surface area (Å²) in [5.74, 6) is 0.948. The number of carbonyl (C=O) groups is 2. The highest BCUT2D eigenvalue weighted by molar-refractivity contribution is 5.77. The Hall–Kier alpha value is -1.14. The fourth-order valence-corrected chi connectivity index (χ4v) is 1.83. The molecule has 2 amide bonds. The topological polar surface area (TPSA) is 61.9 Å². The van der Waals surface area contributed by atoms with Gasteiger partial charge in [-0.15, -0.1) is 0 Å². The van der Waals surface area contributed by atoms with E-state index in [2.05, 4.69) is 31.0 Å². The summed E-state index contributed by atoms with van der Waals surface area (Å²) in [6.45, 7) is 15.3. The maximum Gasteiger partial charge on any atom is 0.248 e. The molecule has 0 aromatic rings. The lowest BCUT2D eigenvalue weighted by Gasteiger charge is -2.34. The quantitative estimate of drug-likeness (QED) is 0.539. The summed E-state index contributed by atoms with van der Waals surface area (Å²) in [7, 11) is 0. The Labute approximate surface area is 141 Å². The second-order valence-corrected chi connectivity index (χ2v) is 6.46. The van der Waals surface area contributed by atoms with Crippen LogP contribution < -0.4 is 5.32 Å². The van der Waals surface area contributed by atoms with Gasteiger partial charge in [0.15, 0.2) is 0 Å². The van der Waals surface area contributed by atoms with Gasteiger partial charge in [-0.1, -0.05) is 27.2 Å². The van der Waals surface area contributed by atoms with Crippen molar-refractivity contribution >= 4 is 12.3 Å². The highest BCUT2D eigenvalue weighted by atomic mass is 16.5. The number of hydrogen-bond acceptors (Lipinski definition) is 4. The number of rotatable bonds is 8. The molecule has 0 saturated carbocycles. The first-order chi connectivity index (χ1) is 10.9. The molecule has 0 aromatic heterocycles. The maximum atomic E-state index is 11.8. The van der Waals surface area contributed by atoms with Crippen molar-refractivity contribution in [2.45, 2.75) is 47.1 Å². The molecule has 6 heteroatoms. The molecule has 1 N–H and O–H groups in total. The number of hydrogen-bond donors (Lipinski definition) is 1. The standard InChI is InChI=1S/C12H23N3O3.C5H12/c1-11(2)18-9-12(17)15-7-5-14(6-8-15)4-3-13-10-16;1-4-5(2)3/h10-11H,3-9H2,1-2H3,(H,13,16);5H,4H2,1-3H3. The van der Waals surface area contributed by atoms with Crippen LogP contribution in [-0.4, -0.2) is 74.1 Å². The van der Waals surface area contributed by atoms with Gasteiger partial charge in [0.1, 0.15) is 6.61 Å². The second-order valence-electron chi connectivity index (χ2n) is 6.46. The molecule has 1 fully saturated rings. The largest absolute Gasteiger partial charge is 0.369 e. The van der Waals surface area contributed by atoms with Crippen molar-refractivity contribution in [1.82, 2.24) is 15.1 Å². The maximum absolute atomic E-state index is 11.8. The van der Waals surface area contributed by atoms with Crippen LogP contribution in [0.25, 0.3) is 0 Å². The summed E-state index contributed by atoms with van der Waals surface area (Å²) in [6, 6.07) is 0. The zero-order valence-corrected chi connectivity index (χ0v) is 15.5. The average Bonchev–Trinajstić information content (AvgIpc) is 2.54. The van der Waals surface area contributed by atoms with Crippen molar-refractivity contribution in [2.24, 2.45) is 5.92 Å². The third-order valence-corrected chi connectivity index (χ3v) is 3.74. The normalized spacial score (nSPS) is 15.3. The van der Waals surface area contributed by atoms with E-state index < -0.39 is 0 Å². The fraction of sp³-hybridized carbons (Fsp3) is 0.882. The molecule has 0 unspecified atom stereocenters. The lowest BCUT2D eigenvalue weighted by molar-refractivity contribution is -0.139. The van der Waals surface area contributed by atoms with Crippen molar-refractivity contribution in [1.29, 1.82) is 0 Å². The molecule has 1 rings (SSSR count). The minimum Gasteiger partial charge on any atom is -0.369 e. The van der Waals surface area contributed by atoms with Crippen molar-refractivity contribution in [3.8, 4) is 0 Å². The van der Waals surface area contributed by atoms with Crippen molar-refractivity contribution in [3.05, 3.63) is 0 Å². The zero-order chi connectivity index (χ0) is 17.7. The van der Waals surface area contributed by atoms with Crippen LogP contribution in [0, 0.1) is 5.92 Å². The Morgan fingerprint density at radius 2 is 1.74 bits per heavy atom. The van der Waals surface area contributed by atoms with Crippen molar-refractivity contribution in [2.75, 3.05) is 45.9 Å². The molecule has 1 saturated heterocycles. The van der Waals surface area contributed by atoms with Gasteiger partial charge >= 0.3 is 0 Å². The van der Waals surface area contributed by atoms with Gasteiger partial charge in [0.2, 0.25) is 12.3 Å². The summed E-state index contributed by atoms with van der Waals surface area (Å²) in [4.78, 5) is 26.0. The predicted octanol–water partition coefficient (Wildman–Crippen LogP) is 1.35. The van der Waals surface area contributed by atoms with Crippen LogP contribution in [0.1, 0.15) is 41.0 Å². The van der Waals surface area contributed by atoms with Crippen LogP contribution in [0.15, 0.2) is 0 Å². The molecule has 6 nitrogen and oxygen atoms in total. The van der Waals surface area contributed by atoms with E-state index >= 15 is 0 Å². The number of ether oxygens (including phenoxy) is 1. The summed E-state index contributed by atoms with van der Waals surface area (Å²) >= 11 is 0. The fourth-order valence-electron chi connectivity index (χ4n) is 1.83. The Morgan fingerprint density at radius 3 is 2.17 bits per heavy atom. The van der Waals surface area contributed by atoms with E-state index in [1.54, 1.807) is 0 Å². The Balaban J connectivity index is 0.000000841. The molecule has 0 aromatic carbocycles. The third-order valence-electron chi connectivity index (χ3n) is 3.74. The third kappa shape index (κ3) is 12.0. The highest BCUT2D eigenvalue weighted by Crippen LogP contribution is 2.02.